The lowest BCUT2D eigenvalue weighted by atomic mass is 10.1. The summed E-state index contributed by atoms with van der Waals surface area (Å²) >= 11 is 0. The number of carbonyl (C=O) groups excluding carboxylic acids is 2. The van der Waals surface area contributed by atoms with Crippen LogP contribution in [0.4, 0.5) is 10.6 Å². The van der Waals surface area contributed by atoms with Gasteiger partial charge in [-0.25, -0.2) is 9.78 Å². The van der Waals surface area contributed by atoms with E-state index in [0.29, 0.717) is 31.7 Å². The third-order valence-corrected chi connectivity index (χ3v) is 3.41. The molecule has 0 radical (unpaired) electrons. The number of hydrogen-bond acceptors (Lipinski definition) is 3. The van der Waals surface area contributed by atoms with E-state index >= 15 is 0 Å². The van der Waals surface area contributed by atoms with Crippen molar-refractivity contribution in [1.82, 2.24) is 15.6 Å². The highest BCUT2D eigenvalue weighted by Gasteiger charge is 2.07. The summed E-state index contributed by atoms with van der Waals surface area (Å²) in [4.78, 5) is 27.5. The second kappa shape index (κ2) is 8.53. The molecule has 0 bridgehead atoms. The molecular weight excluding hydrogens is 304 g/mol. The van der Waals surface area contributed by atoms with E-state index in [2.05, 4.69) is 26.9 Å². The van der Waals surface area contributed by atoms with E-state index in [1.165, 1.54) is 0 Å². The molecule has 0 saturated heterocycles. The van der Waals surface area contributed by atoms with Crippen molar-refractivity contribution in [3.63, 3.8) is 0 Å². The molecule has 0 aliphatic rings. The molecule has 124 valence electrons. The van der Waals surface area contributed by atoms with Crippen LogP contribution in [-0.4, -0.2) is 23.5 Å². The summed E-state index contributed by atoms with van der Waals surface area (Å²) in [7, 11) is 0. The normalized spacial score (nSPS) is 10.0. The molecule has 24 heavy (non-hydrogen) atoms. The Bertz CT molecular complexity index is 780. The largest absolute Gasteiger partial charge is 0.352 e. The Balaban J connectivity index is 2.11. The van der Waals surface area contributed by atoms with Crippen LogP contribution in [0.15, 0.2) is 30.5 Å². The predicted octanol–water partition coefficient (Wildman–Crippen LogP) is 2.41. The van der Waals surface area contributed by atoms with Crippen LogP contribution in [0.5, 0.6) is 0 Å². The minimum Gasteiger partial charge on any atom is -0.352 e. The highest BCUT2D eigenvalue weighted by molar-refractivity contribution is 5.92. The van der Waals surface area contributed by atoms with Crippen molar-refractivity contribution in [3.8, 4) is 12.3 Å². The number of benzene rings is 1. The number of fused-ring (bicyclic) bond motifs is 1. The first-order valence-corrected chi connectivity index (χ1v) is 7.76. The van der Waals surface area contributed by atoms with Gasteiger partial charge in [-0.1, -0.05) is 18.2 Å². The number of anilines is 1. The minimum atomic E-state index is -0.290. The van der Waals surface area contributed by atoms with E-state index in [1.54, 1.807) is 12.3 Å². The quantitative estimate of drug-likeness (QED) is 0.714. The summed E-state index contributed by atoms with van der Waals surface area (Å²) in [5.41, 5.74) is 0.957. The van der Waals surface area contributed by atoms with Crippen molar-refractivity contribution < 1.29 is 9.59 Å². The van der Waals surface area contributed by atoms with E-state index in [-0.39, 0.29) is 11.9 Å². The van der Waals surface area contributed by atoms with Crippen LogP contribution < -0.4 is 16.0 Å². The first-order valence-electron chi connectivity index (χ1n) is 7.76. The number of nitrogens with zero attached hydrogens (tertiary/aromatic N) is 1. The van der Waals surface area contributed by atoms with Gasteiger partial charge in [0.15, 0.2) is 0 Å². The fourth-order valence-corrected chi connectivity index (χ4v) is 2.25. The number of aromatic nitrogens is 1. The molecule has 0 aliphatic carbocycles. The van der Waals surface area contributed by atoms with Gasteiger partial charge in [-0.2, -0.15) is 0 Å². The molecule has 6 nitrogen and oxygen atoms in total. The van der Waals surface area contributed by atoms with Crippen LogP contribution in [0.25, 0.3) is 10.8 Å². The van der Waals surface area contributed by atoms with Crippen molar-refractivity contribution in [3.05, 3.63) is 36.0 Å². The maximum atomic E-state index is 11.7. The number of terminal acetylenes is 1. The van der Waals surface area contributed by atoms with Gasteiger partial charge in [-0.15, -0.1) is 12.3 Å². The Kier molecular flexibility index (Phi) is 6.15. The van der Waals surface area contributed by atoms with E-state index in [0.717, 1.165) is 16.3 Å². The number of hydrogen-bond donors (Lipinski definition) is 3. The maximum absolute atomic E-state index is 11.7. The van der Waals surface area contributed by atoms with Gasteiger partial charge in [0.1, 0.15) is 5.82 Å². The van der Waals surface area contributed by atoms with Gasteiger partial charge in [0.25, 0.3) is 0 Å². The standard InChI is InChI=1S/C18H20N4O2/c1-3-5-9-17(23)21-11-14-8-6-7-13-10-16(20-12-15(13)14)22-18(24)19-4-2/h1,6-8,10,12H,4-5,9,11H2,2H3,(H,21,23)(H2,19,20,22,24). The third kappa shape index (κ3) is 4.71. The molecule has 6 heteroatoms. The second-order valence-electron chi connectivity index (χ2n) is 5.17. The molecule has 1 heterocycles. The molecule has 0 aliphatic heterocycles. The van der Waals surface area contributed by atoms with Gasteiger partial charge in [-0.05, 0) is 23.9 Å². The average Bonchev–Trinajstić information content (AvgIpc) is 2.58. The zero-order valence-electron chi connectivity index (χ0n) is 13.6. The van der Waals surface area contributed by atoms with Gasteiger partial charge in [0.2, 0.25) is 5.91 Å². The Morgan fingerprint density at radius 1 is 1.29 bits per heavy atom. The molecule has 1 aromatic heterocycles. The highest BCUT2D eigenvalue weighted by atomic mass is 16.2. The second-order valence-corrected chi connectivity index (χ2v) is 5.17. The predicted molar refractivity (Wildman–Crippen MR) is 94.4 cm³/mol. The van der Waals surface area contributed by atoms with E-state index in [4.69, 9.17) is 6.42 Å². The summed E-state index contributed by atoms with van der Waals surface area (Å²) in [6, 6.07) is 7.28. The van der Waals surface area contributed by atoms with E-state index in [9.17, 15) is 9.59 Å². The number of carbonyl (C=O) groups is 2. The monoisotopic (exact) mass is 324 g/mol. The maximum Gasteiger partial charge on any atom is 0.320 e. The van der Waals surface area contributed by atoms with Gasteiger partial charge >= 0.3 is 6.03 Å². The lowest BCUT2D eigenvalue weighted by molar-refractivity contribution is -0.121. The summed E-state index contributed by atoms with van der Waals surface area (Å²) in [5, 5.41) is 10.0. The fourth-order valence-electron chi connectivity index (χ4n) is 2.25. The molecule has 3 amide bonds. The highest BCUT2D eigenvalue weighted by Crippen LogP contribution is 2.20. The molecule has 0 spiro atoms. The van der Waals surface area contributed by atoms with Crippen LogP contribution in [-0.2, 0) is 11.3 Å². The fraction of sp³-hybridized carbons (Fsp3) is 0.278. The summed E-state index contributed by atoms with van der Waals surface area (Å²) in [5.74, 6) is 2.85. The Morgan fingerprint density at radius 3 is 2.88 bits per heavy atom. The van der Waals surface area contributed by atoms with E-state index in [1.807, 2.05) is 25.1 Å². The number of urea groups is 1. The smallest absolute Gasteiger partial charge is 0.320 e. The van der Waals surface area contributed by atoms with Crippen molar-refractivity contribution in [2.75, 3.05) is 11.9 Å². The molecule has 0 fully saturated rings. The first-order chi connectivity index (χ1) is 11.6. The lowest BCUT2D eigenvalue weighted by Gasteiger charge is -2.10. The SMILES string of the molecule is C#CCCC(=O)NCc1cccc2cc(NC(=O)NCC)ncc12. The molecule has 0 unspecified atom stereocenters. The molecule has 1 aromatic carbocycles. The lowest BCUT2D eigenvalue weighted by Crippen LogP contribution is -2.28. The number of amides is 3. The molecular formula is C18H20N4O2. The number of nitrogens with one attached hydrogen (secondary N) is 3. The van der Waals surface area contributed by atoms with Crippen molar-refractivity contribution in [2.24, 2.45) is 0 Å². The van der Waals surface area contributed by atoms with Crippen molar-refractivity contribution in [1.29, 1.82) is 0 Å². The zero-order chi connectivity index (χ0) is 17.4. The van der Waals surface area contributed by atoms with Crippen LogP contribution >= 0.6 is 0 Å². The van der Waals surface area contributed by atoms with Crippen LogP contribution in [0.1, 0.15) is 25.3 Å². The third-order valence-electron chi connectivity index (χ3n) is 3.41. The van der Waals surface area contributed by atoms with Gasteiger partial charge in [0.05, 0.1) is 0 Å². The van der Waals surface area contributed by atoms with Gasteiger partial charge < -0.3 is 10.6 Å². The molecule has 2 rings (SSSR count). The van der Waals surface area contributed by atoms with Crippen LogP contribution in [0, 0.1) is 12.3 Å². The van der Waals surface area contributed by atoms with Crippen LogP contribution in [0.3, 0.4) is 0 Å². The summed E-state index contributed by atoms with van der Waals surface area (Å²) < 4.78 is 0. The topological polar surface area (TPSA) is 83.1 Å². The van der Waals surface area contributed by atoms with Crippen molar-refractivity contribution >= 4 is 28.5 Å². The van der Waals surface area contributed by atoms with Gasteiger partial charge in [-0.3, -0.25) is 10.1 Å². The Morgan fingerprint density at radius 2 is 2.12 bits per heavy atom. The average molecular weight is 324 g/mol. The Hall–Kier alpha value is -3.07. The molecule has 0 atom stereocenters. The zero-order valence-corrected chi connectivity index (χ0v) is 13.6. The first kappa shape index (κ1) is 17.3. The Labute approximate surface area is 141 Å². The van der Waals surface area contributed by atoms with E-state index < -0.39 is 0 Å². The van der Waals surface area contributed by atoms with Gasteiger partial charge in [0, 0.05) is 37.5 Å². The van der Waals surface area contributed by atoms with Crippen molar-refractivity contribution in [2.45, 2.75) is 26.3 Å². The number of rotatable bonds is 6. The van der Waals surface area contributed by atoms with Crippen LogP contribution in [0.2, 0.25) is 0 Å². The molecule has 2 aromatic rings. The summed E-state index contributed by atoms with van der Waals surface area (Å²) in [6.07, 6.45) is 7.60. The number of pyridine rings is 1. The summed E-state index contributed by atoms with van der Waals surface area (Å²) in [6.45, 7) is 2.80. The minimum absolute atomic E-state index is 0.0764. The molecule has 0 saturated carbocycles. The molecule has 3 N–H and O–H groups in total.